The summed E-state index contributed by atoms with van der Waals surface area (Å²) in [6, 6.07) is 14.5. The van der Waals surface area contributed by atoms with E-state index in [0.29, 0.717) is 27.3 Å². The molecule has 2 aromatic carbocycles. The molecule has 5 nitrogen and oxygen atoms in total. The molecule has 0 bridgehead atoms. The quantitative estimate of drug-likeness (QED) is 0.444. The highest BCUT2D eigenvalue weighted by atomic mass is 16.4. The Bertz CT molecular complexity index is 1350. The van der Waals surface area contributed by atoms with E-state index < -0.39 is 5.63 Å². The second kappa shape index (κ2) is 4.10. The van der Waals surface area contributed by atoms with Gasteiger partial charge in [-0.15, -0.1) is 0 Å². The molecular weight excluding hydrogens is 294 g/mol. The second-order valence-corrected chi connectivity index (χ2v) is 5.40. The highest BCUT2D eigenvalue weighted by Gasteiger charge is 2.19. The first-order valence-electron chi connectivity index (χ1n) is 7.13. The van der Waals surface area contributed by atoms with Gasteiger partial charge in [-0.1, -0.05) is 30.3 Å². The fourth-order valence-corrected chi connectivity index (χ4v) is 3.12. The first-order chi connectivity index (χ1) is 11.2. The lowest BCUT2D eigenvalue weighted by Crippen LogP contribution is -2.09. The molecule has 0 spiro atoms. The number of fused-ring (bicyclic) bond motifs is 7. The van der Waals surface area contributed by atoms with Crippen LogP contribution in [0.3, 0.4) is 0 Å². The van der Waals surface area contributed by atoms with Gasteiger partial charge in [-0.3, -0.25) is 4.79 Å². The lowest BCUT2D eigenvalue weighted by Gasteiger charge is -2.02. The van der Waals surface area contributed by atoms with Crippen molar-refractivity contribution in [1.29, 1.82) is 0 Å². The zero-order chi connectivity index (χ0) is 15.6. The van der Waals surface area contributed by atoms with E-state index in [-0.39, 0.29) is 16.7 Å². The minimum Gasteiger partial charge on any atom is -0.448 e. The van der Waals surface area contributed by atoms with Crippen molar-refractivity contribution in [2.45, 2.75) is 0 Å². The predicted octanol–water partition coefficient (Wildman–Crippen LogP) is 3.53. The van der Waals surface area contributed by atoms with E-state index in [1.165, 1.54) is 0 Å². The summed E-state index contributed by atoms with van der Waals surface area (Å²) < 4.78 is 11.0. The molecule has 0 aliphatic rings. The maximum absolute atomic E-state index is 12.6. The number of para-hydroxylation sites is 2. The van der Waals surface area contributed by atoms with Crippen LogP contribution < -0.4 is 11.2 Å². The van der Waals surface area contributed by atoms with Crippen LogP contribution in [0, 0.1) is 0 Å². The SMILES string of the molecule is O=c1oc2c3ccccc3[nH]c(=O)c2c2c1oc1ccccc12. The fourth-order valence-electron chi connectivity index (χ4n) is 3.12. The Morgan fingerprint density at radius 1 is 0.739 bits per heavy atom. The Hall–Kier alpha value is -3.34. The number of hydrogen-bond acceptors (Lipinski definition) is 4. The van der Waals surface area contributed by atoms with Crippen molar-refractivity contribution in [1.82, 2.24) is 4.98 Å². The van der Waals surface area contributed by atoms with Gasteiger partial charge in [0, 0.05) is 10.8 Å². The molecule has 0 fully saturated rings. The predicted molar refractivity (Wildman–Crippen MR) is 87.9 cm³/mol. The summed E-state index contributed by atoms with van der Waals surface area (Å²) in [6.07, 6.45) is 0. The third-order valence-corrected chi connectivity index (χ3v) is 4.10. The summed E-state index contributed by atoms with van der Waals surface area (Å²) in [5, 5.41) is 2.25. The van der Waals surface area contributed by atoms with Gasteiger partial charge in [-0.05, 0) is 18.2 Å². The molecule has 0 saturated heterocycles. The van der Waals surface area contributed by atoms with Gasteiger partial charge in [0.2, 0.25) is 5.58 Å². The lowest BCUT2D eigenvalue weighted by atomic mass is 10.1. The summed E-state index contributed by atoms with van der Waals surface area (Å²) >= 11 is 0. The molecule has 3 heterocycles. The summed E-state index contributed by atoms with van der Waals surface area (Å²) in [6.45, 7) is 0. The zero-order valence-electron chi connectivity index (χ0n) is 11.8. The van der Waals surface area contributed by atoms with Crippen molar-refractivity contribution in [2.24, 2.45) is 0 Å². The van der Waals surface area contributed by atoms with Gasteiger partial charge in [0.15, 0.2) is 5.58 Å². The minimum atomic E-state index is -0.584. The third-order valence-electron chi connectivity index (χ3n) is 4.10. The van der Waals surface area contributed by atoms with Gasteiger partial charge in [-0.25, -0.2) is 4.79 Å². The van der Waals surface area contributed by atoms with Gasteiger partial charge >= 0.3 is 5.63 Å². The van der Waals surface area contributed by atoms with Crippen LogP contribution in [0.25, 0.3) is 43.8 Å². The van der Waals surface area contributed by atoms with Crippen molar-refractivity contribution in [3.8, 4) is 0 Å². The number of pyridine rings is 1. The molecule has 110 valence electrons. The summed E-state index contributed by atoms with van der Waals surface area (Å²) in [5.41, 5.74) is 0.640. The zero-order valence-corrected chi connectivity index (χ0v) is 11.8. The summed E-state index contributed by atoms with van der Waals surface area (Å²) in [4.78, 5) is 27.8. The molecule has 0 amide bonds. The monoisotopic (exact) mass is 303 g/mol. The fraction of sp³-hybridized carbons (Fsp3) is 0. The number of benzene rings is 2. The van der Waals surface area contributed by atoms with Crippen LogP contribution in [0.15, 0.2) is 67.0 Å². The molecule has 3 aromatic heterocycles. The van der Waals surface area contributed by atoms with Gasteiger partial charge in [0.25, 0.3) is 5.56 Å². The second-order valence-electron chi connectivity index (χ2n) is 5.40. The molecule has 1 N–H and O–H groups in total. The number of nitrogens with one attached hydrogen (secondary N) is 1. The topological polar surface area (TPSA) is 76.2 Å². The number of hydrogen-bond donors (Lipinski definition) is 1. The number of aromatic amines is 1. The normalized spacial score (nSPS) is 11.8. The Balaban J connectivity index is 2.23. The van der Waals surface area contributed by atoms with Crippen LogP contribution in [-0.2, 0) is 0 Å². The molecule has 0 unspecified atom stereocenters. The number of furan rings is 1. The van der Waals surface area contributed by atoms with Crippen molar-refractivity contribution >= 4 is 43.8 Å². The lowest BCUT2D eigenvalue weighted by molar-refractivity contribution is 0.546. The number of aromatic nitrogens is 1. The van der Waals surface area contributed by atoms with E-state index in [0.717, 1.165) is 5.39 Å². The summed E-state index contributed by atoms with van der Waals surface area (Å²) in [7, 11) is 0. The molecule has 0 aliphatic heterocycles. The number of H-pyrrole nitrogens is 1. The third kappa shape index (κ3) is 1.51. The van der Waals surface area contributed by atoms with Crippen molar-refractivity contribution in [3.05, 3.63) is 69.3 Å². The largest absolute Gasteiger partial charge is 0.448 e. The van der Waals surface area contributed by atoms with Crippen LogP contribution in [0.4, 0.5) is 0 Å². The van der Waals surface area contributed by atoms with Crippen molar-refractivity contribution in [3.63, 3.8) is 0 Å². The van der Waals surface area contributed by atoms with Crippen molar-refractivity contribution < 1.29 is 8.83 Å². The van der Waals surface area contributed by atoms with E-state index in [4.69, 9.17) is 8.83 Å². The minimum absolute atomic E-state index is 0.0690. The first-order valence-corrected chi connectivity index (χ1v) is 7.13. The highest BCUT2D eigenvalue weighted by Crippen LogP contribution is 2.32. The van der Waals surface area contributed by atoms with Crippen molar-refractivity contribution in [2.75, 3.05) is 0 Å². The Morgan fingerprint density at radius 3 is 2.35 bits per heavy atom. The molecule has 5 rings (SSSR count). The first kappa shape index (κ1) is 12.2. The average molecular weight is 303 g/mol. The number of rotatable bonds is 0. The van der Waals surface area contributed by atoms with E-state index >= 15 is 0 Å². The van der Waals surface area contributed by atoms with E-state index in [1.54, 1.807) is 12.1 Å². The van der Waals surface area contributed by atoms with Gasteiger partial charge in [-0.2, -0.15) is 0 Å². The van der Waals surface area contributed by atoms with E-state index in [9.17, 15) is 9.59 Å². The maximum Gasteiger partial charge on any atom is 0.380 e. The molecular formula is C18H9NO4. The highest BCUT2D eigenvalue weighted by molar-refractivity contribution is 6.20. The molecule has 0 radical (unpaired) electrons. The molecule has 23 heavy (non-hydrogen) atoms. The van der Waals surface area contributed by atoms with Crippen LogP contribution in [0.1, 0.15) is 0 Å². The molecule has 0 saturated carbocycles. The van der Waals surface area contributed by atoms with Crippen LogP contribution in [0.5, 0.6) is 0 Å². The van der Waals surface area contributed by atoms with Crippen LogP contribution in [-0.4, -0.2) is 4.98 Å². The molecule has 5 heteroatoms. The maximum atomic E-state index is 12.6. The van der Waals surface area contributed by atoms with Gasteiger partial charge < -0.3 is 13.8 Å². The molecule has 0 atom stereocenters. The molecule has 0 aliphatic carbocycles. The Labute approximate surface area is 127 Å². The van der Waals surface area contributed by atoms with Gasteiger partial charge in [0.1, 0.15) is 5.58 Å². The Morgan fingerprint density at radius 2 is 1.48 bits per heavy atom. The van der Waals surface area contributed by atoms with Crippen LogP contribution >= 0.6 is 0 Å². The average Bonchev–Trinajstić information content (AvgIpc) is 2.95. The standard InChI is InChI=1S/C18H9NO4/c20-17-14-13-10-6-2-4-8-12(10)22-16(13)18(21)23-15(14)9-5-1-3-7-11(9)19-17/h1-8H,(H,19,20). The Kier molecular flexibility index (Phi) is 2.18. The van der Waals surface area contributed by atoms with Gasteiger partial charge in [0.05, 0.1) is 16.3 Å². The summed E-state index contributed by atoms with van der Waals surface area (Å²) in [5.74, 6) is 0. The van der Waals surface area contributed by atoms with E-state index in [2.05, 4.69) is 4.98 Å². The van der Waals surface area contributed by atoms with Crippen LogP contribution in [0.2, 0.25) is 0 Å². The smallest absolute Gasteiger partial charge is 0.380 e. The molecule has 5 aromatic rings. The van der Waals surface area contributed by atoms with E-state index in [1.807, 2.05) is 36.4 Å².